The number of aryl methyl sites for hydroxylation is 1. The summed E-state index contributed by atoms with van der Waals surface area (Å²) in [5.74, 6) is -0.597. The molecule has 0 amide bonds. The van der Waals surface area contributed by atoms with Crippen LogP contribution in [-0.2, 0) is 21.5 Å². The Morgan fingerprint density at radius 1 is 1.29 bits per heavy atom. The van der Waals surface area contributed by atoms with Crippen LogP contribution in [0, 0.1) is 0 Å². The first-order chi connectivity index (χ1) is 16.5. The molecule has 0 spiro atoms. The van der Waals surface area contributed by atoms with Crippen molar-refractivity contribution in [3.63, 3.8) is 0 Å². The van der Waals surface area contributed by atoms with Gasteiger partial charge in [-0.2, -0.15) is 4.57 Å². The van der Waals surface area contributed by atoms with Crippen LogP contribution in [0.4, 0.5) is 5.69 Å². The van der Waals surface area contributed by atoms with E-state index in [2.05, 4.69) is 0 Å². The summed E-state index contributed by atoms with van der Waals surface area (Å²) in [5, 5.41) is 10.7. The minimum atomic E-state index is -4.31. The number of nitrogens with zero attached hydrogens (tertiary/aromatic N) is 2. The van der Waals surface area contributed by atoms with Crippen molar-refractivity contribution in [1.82, 2.24) is 0 Å². The highest BCUT2D eigenvalue weighted by Crippen LogP contribution is 2.41. The highest BCUT2D eigenvalue weighted by molar-refractivity contribution is 7.85. The summed E-state index contributed by atoms with van der Waals surface area (Å²) in [6, 6.07) is 6.87. The smallest absolute Gasteiger partial charge is 0.323 e. The Balaban J connectivity index is 1.71. The molecule has 0 radical (unpaired) electrons. The van der Waals surface area contributed by atoms with E-state index in [0.29, 0.717) is 39.6 Å². The van der Waals surface area contributed by atoms with E-state index in [1.54, 1.807) is 29.2 Å². The zero-order valence-electron chi connectivity index (χ0n) is 18.4. The number of fused-ring (bicyclic) bond motifs is 2. The van der Waals surface area contributed by atoms with Gasteiger partial charge in [0.25, 0.3) is 9.84 Å². The molecule has 35 heavy (non-hydrogen) atoms. The van der Waals surface area contributed by atoms with Gasteiger partial charge in [-0.25, -0.2) is 8.42 Å². The highest BCUT2D eigenvalue weighted by atomic mass is 35.5. The Hall–Kier alpha value is -2.15. The fraction of sp³-hybridized carbons (Fsp3) is 0.273. The number of halogens is 2. The number of rotatable bonds is 9. The third-order valence-corrected chi connectivity index (χ3v) is 8.68. The molecule has 2 aromatic heterocycles. The topological polar surface area (TPSA) is 111 Å². The van der Waals surface area contributed by atoms with Gasteiger partial charge in [0.15, 0.2) is 12.3 Å². The molecule has 0 fully saturated rings. The number of carbonyl (C=O) groups is 1. The molecule has 3 aromatic rings. The Morgan fingerprint density at radius 2 is 2.06 bits per heavy atom. The Morgan fingerprint density at radius 3 is 2.74 bits per heavy atom. The van der Waals surface area contributed by atoms with Gasteiger partial charge in [0.2, 0.25) is 5.88 Å². The van der Waals surface area contributed by atoms with E-state index in [1.165, 1.54) is 22.7 Å². The largest absolute Gasteiger partial charge is 0.748 e. The maximum Gasteiger partial charge on any atom is 0.323 e. The number of hydrogen-bond acceptors (Lipinski definition) is 8. The average molecular weight is 576 g/mol. The molecule has 0 unspecified atom stereocenters. The Bertz CT molecular complexity index is 1460. The van der Waals surface area contributed by atoms with Crippen LogP contribution in [0.1, 0.15) is 24.8 Å². The van der Waals surface area contributed by atoms with E-state index in [0.717, 1.165) is 20.1 Å². The standard InChI is InChI=1S/C22H20Cl2N2O6S3/c1-2-13(8-19-26(12-21(27)28)15-10-14(23)4-5-16(15)32-19)9-20-25(6-3-7-35(29,30)31)22-17(33-20)11-18(24)34-22/h4-5,8-11H,2-3,6-7,12H2,1H3,(H-,27,28,29,30,31). The minimum Gasteiger partial charge on any atom is -0.748 e. The summed E-state index contributed by atoms with van der Waals surface area (Å²) in [5.41, 5.74) is 1.43. The van der Waals surface area contributed by atoms with Gasteiger partial charge in [-0.15, -0.1) is 0 Å². The van der Waals surface area contributed by atoms with Gasteiger partial charge < -0.3 is 14.4 Å². The second-order valence-corrected chi connectivity index (χ2v) is 12.4. The maximum atomic E-state index is 11.5. The molecule has 3 heterocycles. The van der Waals surface area contributed by atoms with Crippen molar-refractivity contribution >= 4 is 83.3 Å². The lowest BCUT2D eigenvalue weighted by Crippen LogP contribution is -2.35. The van der Waals surface area contributed by atoms with Gasteiger partial charge in [0, 0.05) is 29.3 Å². The van der Waals surface area contributed by atoms with E-state index < -0.39 is 21.8 Å². The van der Waals surface area contributed by atoms with E-state index in [1.807, 2.05) is 23.6 Å². The quantitative estimate of drug-likeness (QED) is 0.279. The molecular formula is C22H20Cl2N2O6S3. The number of hydrogen-bond donors (Lipinski definition) is 1. The van der Waals surface area contributed by atoms with Crippen LogP contribution >= 0.6 is 45.9 Å². The van der Waals surface area contributed by atoms with Gasteiger partial charge in [0.05, 0.1) is 15.8 Å². The molecule has 186 valence electrons. The van der Waals surface area contributed by atoms with E-state index in [9.17, 15) is 22.9 Å². The number of carboxylic acids is 1. The molecule has 0 aliphatic carbocycles. The fourth-order valence-corrected chi connectivity index (χ4v) is 6.98. The lowest BCUT2D eigenvalue weighted by Gasteiger charge is -2.16. The molecule has 0 saturated heterocycles. The molecule has 0 saturated carbocycles. The van der Waals surface area contributed by atoms with Crippen LogP contribution in [0.3, 0.4) is 0 Å². The van der Waals surface area contributed by atoms with Crippen LogP contribution in [0.5, 0.6) is 5.75 Å². The zero-order chi connectivity index (χ0) is 25.3. The van der Waals surface area contributed by atoms with Crippen LogP contribution < -0.4 is 14.2 Å². The van der Waals surface area contributed by atoms with Crippen molar-refractivity contribution in [2.24, 2.45) is 0 Å². The minimum absolute atomic E-state index is 0.173. The molecule has 0 atom stereocenters. The molecule has 1 aliphatic heterocycles. The SMILES string of the molecule is CCC(=Cc1sc2cc(Cl)sc2[n+]1CCCS(=O)(=O)[O-])C=C1Oc2ccc(Cl)cc2N1CC(=O)O. The number of thiazole rings is 1. The predicted octanol–water partition coefficient (Wildman–Crippen LogP) is 5.11. The molecule has 1 N–H and O–H groups in total. The number of anilines is 1. The monoisotopic (exact) mass is 574 g/mol. The molecule has 13 heteroatoms. The first-order valence-electron chi connectivity index (χ1n) is 10.5. The summed E-state index contributed by atoms with van der Waals surface area (Å²) in [6.07, 6.45) is 4.52. The number of carboxylic acid groups (broad SMARTS) is 1. The second kappa shape index (κ2) is 10.5. The van der Waals surface area contributed by atoms with Crippen molar-refractivity contribution < 1.29 is 32.2 Å². The summed E-state index contributed by atoms with van der Waals surface area (Å²) in [7, 11) is -4.31. The second-order valence-electron chi connectivity index (χ2n) is 7.68. The molecule has 0 bridgehead atoms. The third-order valence-electron chi connectivity index (χ3n) is 5.16. The summed E-state index contributed by atoms with van der Waals surface area (Å²) >= 11 is 15.2. The van der Waals surface area contributed by atoms with Crippen LogP contribution in [0.2, 0.25) is 9.36 Å². The van der Waals surface area contributed by atoms with E-state index in [-0.39, 0.29) is 13.0 Å². The normalized spacial score (nSPS) is 15.1. The van der Waals surface area contributed by atoms with Gasteiger partial charge >= 0.3 is 5.97 Å². The van der Waals surface area contributed by atoms with E-state index >= 15 is 0 Å². The number of benzene rings is 1. The molecule has 8 nitrogen and oxygen atoms in total. The van der Waals surface area contributed by atoms with Crippen molar-refractivity contribution in [1.29, 1.82) is 0 Å². The van der Waals surface area contributed by atoms with Gasteiger partial charge in [-0.3, -0.25) is 9.69 Å². The Kier molecular flexibility index (Phi) is 7.74. The van der Waals surface area contributed by atoms with Crippen molar-refractivity contribution in [3.05, 3.63) is 56.2 Å². The first-order valence-corrected chi connectivity index (χ1v) is 14.4. The summed E-state index contributed by atoms with van der Waals surface area (Å²) in [4.78, 5) is 13.9. The maximum absolute atomic E-state index is 11.5. The fourth-order valence-electron chi connectivity index (χ4n) is 3.63. The number of allylic oxidation sites excluding steroid dienone is 2. The molecule has 1 aromatic carbocycles. The van der Waals surface area contributed by atoms with Crippen LogP contribution in [-0.4, -0.2) is 36.3 Å². The zero-order valence-corrected chi connectivity index (χ0v) is 22.3. The van der Waals surface area contributed by atoms with Crippen molar-refractivity contribution in [2.75, 3.05) is 17.2 Å². The highest BCUT2D eigenvalue weighted by Gasteiger charge is 2.29. The van der Waals surface area contributed by atoms with Crippen molar-refractivity contribution in [3.8, 4) is 5.75 Å². The lowest BCUT2D eigenvalue weighted by molar-refractivity contribution is -0.666. The van der Waals surface area contributed by atoms with Crippen LogP contribution in [0.25, 0.3) is 15.6 Å². The van der Waals surface area contributed by atoms with Gasteiger partial charge in [0.1, 0.15) is 15.6 Å². The van der Waals surface area contributed by atoms with Gasteiger partial charge in [-0.05, 0) is 36.3 Å². The summed E-state index contributed by atoms with van der Waals surface area (Å²) < 4.78 is 42.7. The molecule has 1 aliphatic rings. The summed E-state index contributed by atoms with van der Waals surface area (Å²) in [6.45, 7) is 2.00. The first kappa shape index (κ1) is 25.9. The Labute approximate surface area is 220 Å². The van der Waals surface area contributed by atoms with Crippen molar-refractivity contribution in [2.45, 2.75) is 26.3 Å². The van der Waals surface area contributed by atoms with E-state index in [4.69, 9.17) is 27.9 Å². The third kappa shape index (κ3) is 6.16. The molecule has 4 rings (SSSR count). The van der Waals surface area contributed by atoms with Crippen LogP contribution in [0.15, 0.2) is 41.8 Å². The average Bonchev–Trinajstić information content (AvgIpc) is 3.38. The number of ether oxygens (including phenoxy) is 1. The number of aromatic nitrogens is 1. The number of aliphatic carboxylic acids is 1. The lowest BCUT2D eigenvalue weighted by atomic mass is 10.2. The molecular weight excluding hydrogens is 555 g/mol. The predicted molar refractivity (Wildman–Crippen MR) is 138 cm³/mol. The number of thiophene rings is 1. The van der Waals surface area contributed by atoms with Gasteiger partial charge in [-0.1, -0.05) is 52.8 Å².